The zero-order valence-corrected chi connectivity index (χ0v) is 15.7. The first-order valence-electron chi connectivity index (χ1n) is 9.71. The number of rotatable bonds is 9. The van der Waals surface area contributed by atoms with E-state index in [-0.39, 0.29) is 18.1 Å². The number of hydrogen-bond donors (Lipinski definition) is 1. The largest absolute Gasteiger partial charge is 0.353 e. The lowest BCUT2D eigenvalue weighted by atomic mass is 10.1. The minimum Gasteiger partial charge on any atom is -0.353 e. The zero-order chi connectivity index (χ0) is 18.9. The van der Waals surface area contributed by atoms with Crippen LogP contribution in [0.1, 0.15) is 36.4 Å². The van der Waals surface area contributed by atoms with Crippen molar-refractivity contribution in [2.24, 2.45) is 5.73 Å². The van der Waals surface area contributed by atoms with E-state index in [0.717, 1.165) is 44.5 Å². The molecule has 1 fully saturated rings. The molecule has 4 nitrogen and oxygen atoms in total. The Morgan fingerprint density at radius 2 is 1.89 bits per heavy atom. The van der Waals surface area contributed by atoms with E-state index >= 15 is 0 Å². The molecule has 27 heavy (non-hydrogen) atoms. The zero-order valence-electron chi connectivity index (χ0n) is 15.7. The van der Waals surface area contributed by atoms with Crippen molar-refractivity contribution in [2.45, 2.75) is 38.1 Å². The molecule has 0 spiro atoms. The van der Waals surface area contributed by atoms with Crippen molar-refractivity contribution >= 4 is 0 Å². The van der Waals surface area contributed by atoms with Gasteiger partial charge in [-0.05, 0) is 42.5 Å². The minimum atomic E-state index is -0.243. The van der Waals surface area contributed by atoms with Crippen molar-refractivity contribution in [3.63, 3.8) is 0 Å². The van der Waals surface area contributed by atoms with Gasteiger partial charge in [-0.2, -0.15) is 0 Å². The van der Waals surface area contributed by atoms with Crippen LogP contribution >= 0.6 is 0 Å². The topological polar surface area (TPSA) is 47.7 Å². The molecule has 5 heteroatoms. The van der Waals surface area contributed by atoms with E-state index < -0.39 is 0 Å². The van der Waals surface area contributed by atoms with E-state index in [4.69, 9.17) is 15.2 Å². The van der Waals surface area contributed by atoms with Crippen LogP contribution in [0.15, 0.2) is 54.6 Å². The first kappa shape index (κ1) is 20.0. The summed E-state index contributed by atoms with van der Waals surface area (Å²) in [6, 6.07) is 16.6. The van der Waals surface area contributed by atoms with Crippen molar-refractivity contribution < 1.29 is 13.9 Å². The van der Waals surface area contributed by atoms with E-state index in [9.17, 15) is 4.39 Å². The molecule has 2 N–H and O–H groups in total. The molecule has 1 heterocycles. The molecule has 2 atom stereocenters. The van der Waals surface area contributed by atoms with E-state index in [1.165, 1.54) is 17.7 Å². The Morgan fingerprint density at radius 3 is 2.59 bits per heavy atom. The minimum absolute atomic E-state index is 0.0805. The molecule has 1 saturated heterocycles. The monoisotopic (exact) mass is 372 g/mol. The van der Waals surface area contributed by atoms with E-state index in [1.54, 1.807) is 12.1 Å². The molecule has 2 aromatic rings. The molecule has 146 valence electrons. The number of ether oxygens (including phenoxy) is 2. The third kappa shape index (κ3) is 6.70. The van der Waals surface area contributed by atoms with Crippen LogP contribution in [-0.2, 0) is 16.0 Å². The molecule has 0 amide bonds. The second kappa shape index (κ2) is 10.5. The highest BCUT2D eigenvalue weighted by atomic mass is 19.1. The van der Waals surface area contributed by atoms with Crippen LogP contribution in [0, 0.1) is 5.82 Å². The summed E-state index contributed by atoms with van der Waals surface area (Å²) in [5, 5.41) is 0. The van der Waals surface area contributed by atoms with Crippen LogP contribution in [0.5, 0.6) is 0 Å². The van der Waals surface area contributed by atoms with Crippen LogP contribution in [0.4, 0.5) is 4.39 Å². The second-order valence-corrected chi connectivity index (χ2v) is 7.05. The van der Waals surface area contributed by atoms with Crippen LogP contribution in [-0.4, -0.2) is 37.5 Å². The van der Waals surface area contributed by atoms with Gasteiger partial charge in [-0.25, -0.2) is 4.39 Å². The standard InChI is InChI=1S/C22H29FN2O2/c23-20-11-9-19(10-12-20)21(24)17-25(16-18-6-2-1-3-7-18)13-15-27-22-8-4-5-14-26-22/h1-3,6-7,9-12,21-22H,4-5,8,13-17,24H2/t21-,22?/m0/s1. The summed E-state index contributed by atoms with van der Waals surface area (Å²) in [5.74, 6) is -0.243. The fourth-order valence-corrected chi connectivity index (χ4v) is 3.33. The van der Waals surface area contributed by atoms with E-state index in [1.807, 2.05) is 18.2 Å². The molecule has 0 aromatic heterocycles. The normalized spacial score (nSPS) is 18.6. The van der Waals surface area contributed by atoms with Crippen molar-refractivity contribution in [2.75, 3.05) is 26.3 Å². The average Bonchev–Trinajstić information content (AvgIpc) is 2.70. The summed E-state index contributed by atoms with van der Waals surface area (Å²) >= 11 is 0. The van der Waals surface area contributed by atoms with Crippen LogP contribution in [0.3, 0.4) is 0 Å². The quantitative estimate of drug-likeness (QED) is 0.726. The highest BCUT2D eigenvalue weighted by Crippen LogP contribution is 2.16. The number of nitrogens with zero attached hydrogens (tertiary/aromatic N) is 1. The maximum Gasteiger partial charge on any atom is 0.157 e. The Labute approximate surface area is 161 Å². The first-order chi connectivity index (χ1) is 13.2. The molecular weight excluding hydrogens is 343 g/mol. The van der Waals surface area contributed by atoms with Gasteiger partial charge >= 0.3 is 0 Å². The first-order valence-corrected chi connectivity index (χ1v) is 9.71. The number of benzene rings is 2. The maximum absolute atomic E-state index is 13.2. The molecule has 0 bridgehead atoms. The van der Waals surface area contributed by atoms with Gasteiger partial charge in [0.2, 0.25) is 0 Å². The van der Waals surface area contributed by atoms with E-state index in [0.29, 0.717) is 13.2 Å². The summed E-state index contributed by atoms with van der Waals surface area (Å²) in [4.78, 5) is 2.28. The molecular formula is C22H29FN2O2. The molecule has 0 aliphatic carbocycles. The molecule has 1 aliphatic heterocycles. The lowest BCUT2D eigenvalue weighted by molar-refractivity contribution is -0.164. The number of hydrogen-bond acceptors (Lipinski definition) is 4. The fraction of sp³-hybridized carbons (Fsp3) is 0.455. The summed E-state index contributed by atoms with van der Waals surface area (Å²) in [5.41, 5.74) is 8.55. The Balaban J connectivity index is 1.57. The molecule has 1 aliphatic rings. The Hall–Kier alpha value is -1.79. The lowest BCUT2D eigenvalue weighted by Gasteiger charge is -2.28. The maximum atomic E-state index is 13.2. The fourth-order valence-electron chi connectivity index (χ4n) is 3.33. The molecule has 0 radical (unpaired) electrons. The Morgan fingerprint density at radius 1 is 1.11 bits per heavy atom. The van der Waals surface area contributed by atoms with Crippen molar-refractivity contribution in [3.8, 4) is 0 Å². The van der Waals surface area contributed by atoms with Crippen LogP contribution in [0.2, 0.25) is 0 Å². The van der Waals surface area contributed by atoms with Gasteiger partial charge < -0.3 is 15.2 Å². The lowest BCUT2D eigenvalue weighted by Crippen LogP contribution is -2.35. The van der Waals surface area contributed by atoms with Gasteiger partial charge in [0.15, 0.2) is 6.29 Å². The van der Waals surface area contributed by atoms with E-state index in [2.05, 4.69) is 17.0 Å². The van der Waals surface area contributed by atoms with Crippen molar-refractivity contribution in [1.82, 2.24) is 4.90 Å². The molecule has 2 aromatic carbocycles. The highest BCUT2D eigenvalue weighted by molar-refractivity contribution is 5.20. The molecule has 0 saturated carbocycles. The van der Waals surface area contributed by atoms with Gasteiger partial charge in [-0.3, -0.25) is 4.90 Å². The summed E-state index contributed by atoms with van der Waals surface area (Å²) in [6.45, 7) is 3.63. The highest BCUT2D eigenvalue weighted by Gasteiger charge is 2.16. The summed E-state index contributed by atoms with van der Waals surface area (Å²) in [7, 11) is 0. The molecule has 3 rings (SSSR count). The average molecular weight is 372 g/mol. The number of nitrogens with two attached hydrogens (primary N) is 1. The summed E-state index contributed by atoms with van der Waals surface area (Å²) in [6.07, 6.45) is 3.16. The van der Waals surface area contributed by atoms with Gasteiger partial charge in [0.1, 0.15) is 5.82 Å². The smallest absolute Gasteiger partial charge is 0.157 e. The second-order valence-electron chi connectivity index (χ2n) is 7.05. The number of halogens is 1. The Kier molecular flexibility index (Phi) is 7.78. The summed E-state index contributed by atoms with van der Waals surface area (Å²) < 4.78 is 24.7. The van der Waals surface area contributed by atoms with Crippen molar-refractivity contribution in [3.05, 3.63) is 71.5 Å². The Bertz CT molecular complexity index is 660. The third-order valence-corrected chi connectivity index (χ3v) is 4.85. The third-order valence-electron chi connectivity index (χ3n) is 4.85. The SMILES string of the molecule is N[C@@H](CN(CCOC1CCCCO1)Cc1ccccc1)c1ccc(F)cc1. The predicted molar refractivity (Wildman–Crippen MR) is 105 cm³/mol. The van der Waals surface area contributed by atoms with Gasteiger partial charge in [-0.1, -0.05) is 42.5 Å². The van der Waals surface area contributed by atoms with Crippen LogP contribution in [0.25, 0.3) is 0 Å². The molecule has 1 unspecified atom stereocenters. The van der Waals surface area contributed by atoms with Crippen LogP contribution < -0.4 is 5.73 Å². The van der Waals surface area contributed by atoms with Crippen molar-refractivity contribution in [1.29, 1.82) is 0 Å². The van der Waals surface area contributed by atoms with Gasteiger partial charge in [0, 0.05) is 32.3 Å². The van der Waals surface area contributed by atoms with Gasteiger partial charge in [0.25, 0.3) is 0 Å². The van der Waals surface area contributed by atoms with Gasteiger partial charge in [-0.15, -0.1) is 0 Å². The predicted octanol–water partition coefficient (Wildman–Crippen LogP) is 3.87. The van der Waals surface area contributed by atoms with Gasteiger partial charge in [0.05, 0.1) is 6.61 Å².